The van der Waals surface area contributed by atoms with Gasteiger partial charge in [0.25, 0.3) is 11.7 Å². The number of aryl methyl sites for hydroxylation is 3. The second kappa shape index (κ2) is 9.41. The number of hydrogen-bond donors (Lipinski definition) is 1. The molecule has 0 aromatic heterocycles. The minimum Gasteiger partial charge on any atom is -0.507 e. The summed E-state index contributed by atoms with van der Waals surface area (Å²) < 4.78 is 5.54. The second-order valence-corrected chi connectivity index (χ2v) is 9.14. The highest BCUT2D eigenvalue weighted by Gasteiger charge is 2.47. The number of rotatable bonds is 5. The van der Waals surface area contributed by atoms with Crippen molar-refractivity contribution >= 4 is 23.1 Å². The number of carbonyl (C=O) groups is 2. The molecule has 1 amide bonds. The van der Waals surface area contributed by atoms with Crippen molar-refractivity contribution in [1.82, 2.24) is 0 Å². The molecule has 0 saturated carbocycles. The van der Waals surface area contributed by atoms with Crippen molar-refractivity contribution in [1.29, 1.82) is 0 Å². The first-order chi connectivity index (χ1) is 17.0. The lowest BCUT2D eigenvalue weighted by atomic mass is 9.88. The van der Waals surface area contributed by atoms with E-state index in [2.05, 4.69) is 0 Å². The Bertz CT molecular complexity index is 1320. The van der Waals surface area contributed by atoms with E-state index in [4.69, 9.17) is 4.74 Å². The van der Waals surface area contributed by atoms with Gasteiger partial charge >= 0.3 is 0 Å². The summed E-state index contributed by atoms with van der Waals surface area (Å²) in [5.74, 6) is -0.767. The van der Waals surface area contributed by atoms with Crippen molar-refractivity contribution in [2.24, 2.45) is 0 Å². The summed E-state index contributed by atoms with van der Waals surface area (Å²) in [6.07, 6.45) is 4.27. The quantitative estimate of drug-likeness (QED) is 0.288. The van der Waals surface area contributed by atoms with E-state index in [1.54, 1.807) is 24.3 Å². The Kier molecular flexibility index (Phi) is 6.16. The zero-order chi connectivity index (χ0) is 24.5. The third-order valence-electron chi connectivity index (χ3n) is 6.98. The highest BCUT2D eigenvalue weighted by molar-refractivity contribution is 6.51. The Balaban J connectivity index is 1.67. The van der Waals surface area contributed by atoms with Crippen LogP contribution in [0.2, 0.25) is 0 Å². The molecule has 0 radical (unpaired) electrons. The van der Waals surface area contributed by atoms with E-state index in [1.807, 2.05) is 56.3 Å². The first kappa shape index (κ1) is 22.9. The van der Waals surface area contributed by atoms with Gasteiger partial charge in [-0.1, -0.05) is 36.4 Å². The monoisotopic (exact) mass is 467 g/mol. The fraction of sp³-hybridized carbons (Fsp3) is 0.267. The average Bonchev–Trinajstić information content (AvgIpc) is 3.14. The fourth-order valence-electron chi connectivity index (χ4n) is 5.19. The smallest absolute Gasteiger partial charge is 0.300 e. The molecule has 1 N–H and O–H groups in total. The molecule has 1 atom stereocenters. The Morgan fingerprint density at radius 1 is 0.971 bits per heavy atom. The number of ketones is 1. The normalized spacial score (nSPS) is 19.0. The zero-order valence-corrected chi connectivity index (χ0v) is 20.1. The van der Waals surface area contributed by atoms with Crippen LogP contribution in [0.3, 0.4) is 0 Å². The van der Waals surface area contributed by atoms with Crippen LogP contribution in [0.4, 0.5) is 5.69 Å². The van der Waals surface area contributed by atoms with Crippen molar-refractivity contribution in [3.63, 3.8) is 0 Å². The molecule has 1 aliphatic carbocycles. The first-order valence-electron chi connectivity index (χ1n) is 12.2. The van der Waals surface area contributed by atoms with Crippen LogP contribution in [0.15, 0.2) is 72.3 Å². The van der Waals surface area contributed by atoms with Crippen molar-refractivity contribution in [2.75, 3.05) is 11.5 Å². The average molecular weight is 468 g/mol. The first-order valence-corrected chi connectivity index (χ1v) is 12.2. The summed E-state index contributed by atoms with van der Waals surface area (Å²) in [5, 5.41) is 11.5. The summed E-state index contributed by atoms with van der Waals surface area (Å²) in [6, 6.07) is 19.9. The van der Waals surface area contributed by atoms with Crippen molar-refractivity contribution in [3.05, 3.63) is 100 Å². The molecule has 3 aromatic rings. The van der Waals surface area contributed by atoms with Gasteiger partial charge in [-0.15, -0.1) is 0 Å². The second-order valence-electron chi connectivity index (χ2n) is 9.14. The third kappa shape index (κ3) is 4.12. The van der Waals surface area contributed by atoms with E-state index in [-0.39, 0.29) is 11.3 Å². The number of aliphatic hydroxyl groups is 1. The molecule has 5 heteroatoms. The molecular formula is C30H29NO4. The largest absolute Gasteiger partial charge is 0.507 e. The van der Waals surface area contributed by atoms with E-state index in [0.29, 0.717) is 23.6 Å². The van der Waals surface area contributed by atoms with E-state index in [1.165, 1.54) is 22.4 Å². The predicted molar refractivity (Wildman–Crippen MR) is 137 cm³/mol. The molecule has 5 nitrogen and oxygen atoms in total. The van der Waals surface area contributed by atoms with Crippen LogP contribution in [0.25, 0.3) is 5.76 Å². The number of carbonyl (C=O) groups excluding carboxylic acids is 2. The highest BCUT2D eigenvalue weighted by atomic mass is 16.5. The summed E-state index contributed by atoms with van der Waals surface area (Å²) in [6.45, 7) is 4.39. The maximum Gasteiger partial charge on any atom is 0.300 e. The maximum absolute atomic E-state index is 13.4. The Hall–Kier alpha value is -3.86. The van der Waals surface area contributed by atoms with Crippen molar-refractivity contribution in [2.45, 2.75) is 45.6 Å². The number of fused-ring (bicyclic) bond motifs is 1. The van der Waals surface area contributed by atoms with Gasteiger partial charge in [-0.25, -0.2) is 0 Å². The number of amides is 1. The Morgan fingerprint density at radius 2 is 1.69 bits per heavy atom. The molecule has 2 aliphatic rings. The lowest BCUT2D eigenvalue weighted by Crippen LogP contribution is -2.29. The standard InChI is InChI=1S/C30H29NO4/c1-3-35-24-16-14-23(15-17-24)31-27(25-11-7-4-8-19(25)2)26(29(33)30(31)34)28(32)22-13-12-20-9-5-6-10-21(20)18-22/h4,7-8,11-18,27,32H,3,5-6,9-10H2,1-2H3/b28-26+. The van der Waals surface area contributed by atoms with Gasteiger partial charge in [0, 0.05) is 11.3 Å². The number of ether oxygens (including phenoxy) is 1. The summed E-state index contributed by atoms with van der Waals surface area (Å²) in [5.41, 5.74) is 5.51. The minimum atomic E-state index is -0.731. The van der Waals surface area contributed by atoms with Crippen LogP contribution in [0.1, 0.15) is 53.6 Å². The molecule has 1 fully saturated rings. The molecular weight excluding hydrogens is 438 g/mol. The molecule has 1 aliphatic heterocycles. The van der Waals surface area contributed by atoms with E-state index in [0.717, 1.165) is 30.4 Å². The van der Waals surface area contributed by atoms with Crippen LogP contribution < -0.4 is 9.64 Å². The van der Waals surface area contributed by atoms with E-state index in [9.17, 15) is 14.7 Å². The molecule has 35 heavy (non-hydrogen) atoms. The van der Waals surface area contributed by atoms with Gasteiger partial charge in [0.05, 0.1) is 18.2 Å². The van der Waals surface area contributed by atoms with Gasteiger partial charge in [0.15, 0.2) is 0 Å². The number of nitrogens with zero attached hydrogens (tertiary/aromatic N) is 1. The molecule has 1 saturated heterocycles. The molecule has 5 rings (SSSR count). The molecule has 1 heterocycles. The topological polar surface area (TPSA) is 66.8 Å². The van der Waals surface area contributed by atoms with Gasteiger partial charge in [-0.3, -0.25) is 14.5 Å². The SMILES string of the molecule is CCOc1ccc(N2C(=O)C(=O)/C(=C(/O)c3ccc4c(c3)CCCC4)C2c2ccccc2C)cc1. The van der Waals surface area contributed by atoms with Crippen LogP contribution >= 0.6 is 0 Å². The van der Waals surface area contributed by atoms with Crippen LogP contribution in [0.5, 0.6) is 5.75 Å². The number of aliphatic hydroxyl groups excluding tert-OH is 1. The van der Waals surface area contributed by atoms with Crippen LogP contribution in [0, 0.1) is 6.92 Å². The maximum atomic E-state index is 13.4. The Morgan fingerprint density at radius 3 is 2.40 bits per heavy atom. The number of anilines is 1. The Labute approximate surface area is 205 Å². The van der Waals surface area contributed by atoms with Crippen molar-refractivity contribution in [3.8, 4) is 5.75 Å². The zero-order valence-electron chi connectivity index (χ0n) is 20.1. The lowest BCUT2D eigenvalue weighted by Gasteiger charge is -2.27. The number of hydrogen-bond acceptors (Lipinski definition) is 4. The summed E-state index contributed by atoms with van der Waals surface area (Å²) in [7, 11) is 0. The third-order valence-corrected chi connectivity index (χ3v) is 6.98. The lowest BCUT2D eigenvalue weighted by molar-refractivity contribution is -0.132. The fourth-order valence-corrected chi connectivity index (χ4v) is 5.19. The molecule has 0 bridgehead atoms. The van der Waals surface area contributed by atoms with Crippen molar-refractivity contribution < 1.29 is 19.4 Å². The number of benzene rings is 3. The van der Waals surface area contributed by atoms with E-state index >= 15 is 0 Å². The molecule has 3 aromatic carbocycles. The predicted octanol–water partition coefficient (Wildman–Crippen LogP) is 5.90. The highest BCUT2D eigenvalue weighted by Crippen LogP contribution is 2.43. The molecule has 0 spiro atoms. The van der Waals surface area contributed by atoms with Gasteiger partial charge in [-0.2, -0.15) is 0 Å². The van der Waals surface area contributed by atoms with Gasteiger partial charge in [0.1, 0.15) is 11.5 Å². The van der Waals surface area contributed by atoms with E-state index < -0.39 is 17.7 Å². The summed E-state index contributed by atoms with van der Waals surface area (Å²) in [4.78, 5) is 28.3. The van der Waals surface area contributed by atoms with Gasteiger partial charge in [-0.05, 0) is 92.1 Å². The minimum absolute atomic E-state index is 0.119. The number of Topliss-reactive ketones (excluding diaryl/α,β-unsaturated/α-hetero) is 1. The van der Waals surface area contributed by atoms with Crippen LogP contribution in [-0.2, 0) is 22.4 Å². The van der Waals surface area contributed by atoms with Gasteiger partial charge in [0.2, 0.25) is 0 Å². The van der Waals surface area contributed by atoms with Gasteiger partial charge < -0.3 is 9.84 Å². The molecule has 1 unspecified atom stereocenters. The van der Waals surface area contributed by atoms with Crippen LogP contribution in [-0.4, -0.2) is 23.4 Å². The summed E-state index contributed by atoms with van der Waals surface area (Å²) >= 11 is 0. The molecule has 178 valence electrons.